The van der Waals surface area contributed by atoms with Crippen molar-refractivity contribution in [3.05, 3.63) is 110 Å². The monoisotopic (exact) mass is 809 g/mol. The van der Waals surface area contributed by atoms with Crippen molar-refractivity contribution in [3.63, 3.8) is 0 Å². The molecule has 6 heterocycles. The zero-order chi connectivity index (χ0) is 40.4. The van der Waals surface area contributed by atoms with Crippen LogP contribution in [-0.2, 0) is 35.3 Å². The van der Waals surface area contributed by atoms with E-state index < -0.39 is 46.8 Å². The second-order valence-electron chi connectivity index (χ2n) is 13.3. The summed E-state index contributed by atoms with van der Waals surface area (Å²) in [5.74, 6) is -1.85. The predicted octanol–water partition coefficient (Wildman–Crippen LogP) is 5.35. The molecule has 5 aromatic rings. The molecule has 57 heavy (non-hydrogen) atoms. The first-order valence-corrected chi connectivity index (χ1v) is 18.4. The molecule has 0 unspecified atom stereocenters. The Labute approximate surface area is 327 Å². The molecule has 2 amide bonds. The summed E-state index contributed by atoms with van der Waals surface area (Å²) in [5, 5.41) is 6.51. The molecule has 2 aliphatic rings. The molecule has 19 heteroatoms. The number of carbonyl (C=O) groups is 2. The largest absolute Gasteiger partial charge is 0.483 e. The van der Waals surface area contributed by atoms with E-state index in [0.717, 1.165) is 21.7 Å². The van der Waals surface area contributed by atoms with Gasteiger partial charge in [-0.15, -0.1) is 5.10 Å². The van der Waals surface area contributed by atoms with Gasteiger partial charge < -0.3 is 29.2 Å². The number of benzene rings is 1. The van der Waals surface area contributed by atoms with E-state index in [-0.39, 0.29) is 73.6 Å². The van der Waals surface area contributed by atoms with E-state index in [1.165, 1.54) is 15.5 Å². The van der Waals surface area contributed by atoms with Crippen molar-refractivity contribution < 1.29 is 36.6 Å². The van der Waals surface area contributed by atoms with Crippen LogP contribution in [0.25, 0.3) is 11.4 Å². The second kappa shape index (κ2) is 16.3. The van der Waals surface area contributed by atoms with Gasteiger partial charge in [0.25, 0.3) is 11.5 Å². The van der Waals surface area contributed by atoms with Crippen LogP contribution >= 0.6 is 11.6 Å². The van der Waals surface area contributed by atoms with E-state index in [1.54, 1.807) is 18.7 Å². The Hall–Kier alpha value is -5.88. The molecule has 0 bridgehead atoms. The number of fused-ring (bicyclic) bond motifs is 1. The molecule has 2 aliphatic heterocycles. The highest BCUT2D eigenvalue weighted by atomic mass is 35.5. The number of aryl methyl sites for hydroxylation is 1. The van der Waals surface area contributed by atoms with Crippen molar-refractivity contribution in [2.75, 3.05) is 49.6 Å². The number of hydrogen-bond donors (Lipinski definition) is 1. The predicted molar refractivity (Wildman–Crippen MR) is 201 cm³/mol. The van der Waals surface area contributed by atoms with Crippen molar-refractivity contribution in [2.45, 2.75) is 46.0 Å². The summed E-state index contributed by atoms with van der Waals surface area (Å²) >= 11 is 6.03. The summed E-state index contributed by atoms with van der Waals surface area (Å²) in [7, 11) is 0. The molecule has 1 saturated heterocycles. The van der Waals surface area contributed by atoms with Crippen LogP contribution in [0.15, 0.2) is 59.4 Å². The highest BCUT2D eigenvalue weighted by molar-refractivity contribution is 6.32. The van der Waals surface area contributed by atoms with Crippen molar-refractivity contribution in [1.29, 1.82) is 0 Å². The van der Waals surface area contributed by atoms with Crippen LogP contribution < -0.4 is 20.5 Å². The zero-order valence-corrected chi connectivity index (χ0v) is 31.5. The Morgan fingerprint density at radius 3 is 2.46 bits per heavy atom. The van der Waals surface area contributed by atoms with Crippen molar-refractivity contribution in [2.24, 2.45) is 0 Å². The molecule has 14 nitrogen and oxygen atoms in total. The lowest BCUT2D eigenvalue weighted by Gasteiger charge is -2.36. The number of alkyl halides is 3. The minimum atomic E-state index is -4.74. The molecule has 4 aromatic heterocycles. The first-order chi connectivity index (χ1) is 27.3. The minimum absolute atomic E-state index is 0.0203. The van der Waals surface area contributed by atoms with Crippen LogP contribution in [0.3, 0.4) is 0 Å². The Balaban J connectivity index is 1.18. The maximum atomic E-state index is 15.2. The van der Waals surface area contributed by atoms with Gasteiger partial charge in [0.1, 0.15) is 24.5 Å². The first kappa shape index (κ1) is 39.4. The van der Waals surface area contributed by atoms with E-state index in [2.05, 4.69) is 25.4 Å². The summed E-state index contributed by atoms with van der Waals surface area (Å²) in [5.41, 5.74) is 0.458. The molecule has 1 fully saturated rings. The quantitative estimate of drug-likeness (QED) is 0.145. The Kier molecular flexibility index (Phi) is 11.3. The van der Waals surface area contributed by atoms with Gasteiger partial charge in [0.2, 0.25) is 11.7 Å². The number of carbonyl (C=O) groups excluding carboxylic acids is 2. The Morgan fingerprint density at radius 1 is 1.04 bits per heavy atom. The number of rotatable bonds is 10. The van der Waals surface area contributed by atoms with Crippen molar-refractivity contribution in [3.8, 4) is 5.75 Å². The minimum Gasteiger partial charge on any atom is -0.483 e. The zero-order valence-electron chi connectivity index (χ0n) is 30.8. The average Bonchev–Trinajstić information content (AvgIpc) is 3.65. The molecule has 7 rings (SSSR count). The van der Waals surface area contributed by atoms with Gasteiger partial charge in [-0.2, -0.15) is 22.7 Å². The van der Waals surface area contributed by atoms with Gasteiger partial charge >= 0.3 is 6.18 Å². The molecule has 1 aromatic carbocycles. The van der Waals surface area contributed by atoms with Gasteiger partial charge in [-0.25, -0.2) is 14.4 Å². The maximum absolute atomic E-state index is 15.2. The molecule has 298 valence electrons. The van der Waals surface area contributed by atoms with Crippen molar-refractivity contribution >= 4 is 46.1 Å². The van der Waals surface area contributed by atoms with Crippen LogP contribution in [-0.4, -0.2) is 85.2 Å². The fourth-order valence-corrected chi connectivity index (χ4v) is 6.93. The lowest BCUT2D eigenvalue weighted by atomic mass is 10.1. The molecular formula is C38H36ClF4N9O5. The average molecular weight is 810 g/mol. The van der Waals surface area contributed by atoms with Crippen LogP contribution in [0.1, 0.15) is 52.3 Å². The van der Waals surface area contributed by atoms with Gasteiger partial charge in [-0.05, 0) is 49.1 Å². The van der Waals surface area contributed by atoms with E-state index in [9.17, 15) is 27.6 Å². The number of anilines is 2. The fraction of sp³-hybridized carbons (Fsp3) is 0.342. The number of hydrogen-bond acceptors (Lipinski definition) is 10. The number of pyridine rings is 2. The molecule has 0 radical (unpaired) electrons. The topological polar surface area (TPSA) is 149 Å². The van der Waals surface area contributed by atoms with Gasteiger partial charge in [0.05, 0.1) is 24.6 Å². The lowest BCUT2D eigenvalue weighted by molar-refractivity contribution is -0.141. The lowest BCUT2D eigenvalue weighted by Crippen LogP contribution is -2.51. The molecule has 0 saturated carbocycles. The number of amides is 2. The van der Waals surface area contributed by atoms with Crippen LogP contribution in [0.5, 0.6) is 5.75 Å². The van der Waals surface area contributed by atoms with Crippen LogP contribution in [0.4, 0.5) is 28.9 Å². The number of ether oxygens (including phenoxy) is 2. The molecule has 0 spiro atoms. The van der Waals surface area contributed by atoms with Crippen molar-refractivity contribution in [1.82, 2.24) is 34.0 Å². The van der Waals surface area contributed by atoms with Gasteiger partial charge in [0.15, 0.2) is 28.2 Å². The van der Waals surface area contributed by atoms with Gasteiger partial charge in [-0.1, -0.05) is 54.9 Å². The van der Waals surface area contributed by atoms with E-state index in [4.69, 9.17) is 21.1 Å². The normalized spacial score (nSPS) is 14.8. The molecular weight excluding hydrogens is 774 g/mol. The highest BCUT2D eigenvalue weighted by Crippen LogP contribution is 2.32. The third kappa shape index (κ3) is 8.32. The fourth-order valence-electron chi connectivity index (χ4n) is 6.73. The Morgan fingerprint density at radius 2 is 1.79 bits per heavy atom. The van der Waals surface area contributed by atoms with E-state index in [1.807, 2.05) is 36.4 Å². The van der Waals surface area contributed by atoms with Crippen LogP contribution in [0.2, 0.25) is 5.15 Å². The summed E-state index contributed by atoms with van der Waals surface area (Å²) < 4.78 is 68.7. The SMILES string of the molecule is CCc1c(N2CCN(C(=O)c3nc(C)cc(F)c3OCc3ccccc3)CC2)c(=O)n2nc(C3=CCOCC3)nc2n1CC(=O)Nc1ccc(C(F)(F)F)nc1Cl. The number of aromatic nitrogens is 6. The summed E-state index contributed by atoms with van der Waals surface area (Å²) in [4.78, 5) is 57.5. The highest BCUT2D eigenvalue weighted by Gasteiger charge is 2.34. The number of nitrogens with zero attached hydrogens (tertiary/aromatic N) is 8. The Bertz CT molecular complexity index is 2430. The molecule has 1 N–H and O–H groups in total. The maximum Gasteiger partial charge on any atom is 0.433 e. The standard InChI is InChI=1S/C38H36ClF4N9O5/c1-3-27-31(49-13-15-50(16-14-49)35(54)30-32(25(40)19-22(2)44-30)57-21-23-7-5-4-6-8-23)36(55)52-37(47-34(48-52)24-11-17-56-18-12-24)51(27)20-29(53)45-26-9-10-28(38(41,42)43)46-33(26)39/h4-11,19H,3,12-18,20-21H2,1-2H3,(H,45,53). The number of nitrogens with one attached hydrogen (secondary N) is 1. The summed E-state index contributed by atoms with van der Waals surface area (Å²) in [6.45, 7) is 4.35. The third-order valence-corrected chi connectivity index (χ3v) is 9.78. The molecule has 0 aliphatic carbocycles. The van der Waals surface area contributed by atoms with E-state index in [0.29, 0.717) is 37.1 Å². The van der Waals surface area contributed by atoms with Gasteiger partial charge in [0, 0.05) is 31.9 Å². The first-order valence-electron chi connectivity index (χ1n) is 18.0. The second-order valence-corrected chi connectivity index (χ2v) is 13.7. The van der Waals surface area contributed by atoms with Gasteiger partial charge in [-0.3, -0.25) is 14.4 Å². The summed E-state index contributed by atoms with van der Waals surface area (Å²) in [6, 6.07) is 12.0. The molecule has 0 atom stereocenters. The van der Waals surface area contributed by atoms with E-state index >= 15 is 4.39 Å². The number of piperazine rings is 1. The third-order valence-electron chi connectivity index (χ3n) is 9.49. The smallest absolute Gasteiger partial charge is 0.433 e. The number of halogens is 5. The van der Waals surface area contributed by atoms with Crippen LogP contribution in [0, 0.1) is 12.7 Å². The summed E-state index contributed by atoms with van der Waals surface area (Å²) in [6.07, 6.45) is -2.18.